The van der Waals surface area contributed by atoms with E-state index in [-0.39, 0.29) is 11.5 Å². The number of aryl methyl sites for hydroxylation is 2. The fourth-order valence-electron chi connectivity index (χ4n) is 2.40. The zero-order valence-electron chi connectivity index (χ0n) is 12.2. The van der Waals surface area contributed by atoms with Crippen molar-refractivity contribution in [2.24, 2.45) is 0 Å². The van der Waals surface area contributed by atoms with Gasteiger partial charge in [0, 0.05) is 24.2 Å². The maximum Gasteiger partial charge on any atom is 0.257 e. The van der Waals surface area contributed by atoms with Gasteiger partial charge in [0.15, 0.2) is 0 Å². The molecule has 0 unspecified atom stereocenters. The van der Waals surface area contributed by atoms with Crippen molar-refractivity contribution in [1.29, 1.82) is 0 Å². The van der Waals surface area contributed by atoms with E-state index in [9.17, 15) is 9.59 Å². The molecule has 2 aromatic heterocycles. The van der Waals surface area contributed by atoms with E-state index in [0.717, 1.165) is 0 Å². The molecule has 2 N–H and O–H groups in total. The minimum atomic E-state index is -0.288. The highest BCUT2D eigenvalue weighted by Crippen LogP contribution is 2.19. The van der Waals surface area contributed by atoms with Crippen LogP contribution in [0.15, 0.2) is 41.5 Å². The number of benzene rings is 1. The molecule has 3 aromatic rings. The minimum absolute atomic E-state index is 0.191. The largest absolute Gasteiger partial charge is 0.324 e. The van der Waals surface area contributed by atoms with Crippen LogP contribution in [0, 0.1) is 13.8 Å². The van der Waals surface area contributed by atoms with Crippen LogP contribution in [0.4, 0.5) is 5.69 Å². The first-order valence-corrected chi connectivity index (χ1v) is 6.78. The Morgan fingerprint density at radius 3 is 2.73 bits per heavy atom. The lowest BCUT2D eigenvalue weighted by molar-refractivity contribution is 0.102. The van der Waals surface area contributed by atoms with Crippen molar-refractivity contribution in [2.75, 3.05) is 5.32 Å². The van der Waals surface area contributed by atoms with E-state index >= 15 is 0 Å². The van der Waals surface area contributed by atoms with E-state index < -0.39 is 0 Å². The van der Waals surface area contributed by atoms with Gasteiger partial charge in [-0.15, -0.1) is 0 Å². The summed E-state index contributed by atoms with van der Waals surface area (Å²) in [6, 6.07) is 6.71. The molecule has 0 aliphatic rings. The number of pyridine rings is 1. The van der Waals surface area contributed by atoms with Gasteiger partial charge in [-0.1, -0.05) is 6.07 Å². The molecule has 6 heteroatoms. The van der Waals surface area contributed by atoms with Gasteiger partial charge in [0.05, 0.1) is 16.8 Å². The fraction of sp³-hybridized carbons (Fsp3) is 0.125. The van der Waals surface area contributed by atoms with E-state index in [1.165, 1.54) is 6.07 Å². The quantitative estimate of drug-likeness (QED) is 0.758. The average molecular weight is 294 g/mol. The van der Waals surface area contributed by atoms with Crippen molar-refractivity contribution >= 4 is 22.6 Å². The summed E-state index contributed by atoms with van der Waals surface area (Å²) in [4.78, 5) is 35.0. The smallest absolute Gasteiger partial charge is 0.257 e. The summed E-state index contributed by atoms with van der Waals surface area (Å²) >= 11 is 0. The number of nitrogens with zero attached hydrogens (tertiary/aromatic N) is 2. The number of nitrogens with one attached hydrogen (secondary N) is 2. The standard InChI is InChI=1S/C16H14N4O2/c1-9-8-13(21)19-10(2)14(9)20-16(22)11-4-3-5-12-15(11)18-7-6-17-12/h3-8H,1-2H3,(H,19,21)(H,20,22). The van der Waals surface area contributed by atoms with Crippen molar-refractivity contribution in [3.8, 4) is 0 Å². The molecule has 0 aliphatic heterocycles. The van der Waals surface area contributed by atoms with Gasteiger partial charge in [0.25, 0.3) is 5.91 Å². The number of para-hydroxylation sites is 1. The third-order valence-electron chi connectivity index (χ3n) is 3.41. The molecule has 0 bridgehead atoms. The fourth-order valence-corrected chi connectivity index (χ4v) is 2.40. The van der Waals surface area contributed by atoms with Crippen LogP contribution in [-0.2, 0) is 0 Å². The molecule has 2 heterocycles. The summed E-state index contributed by atoms with van der Waals surface area (Å²) in [5, 5.41) is 2.84. The third-order valence-corrected chi connectivity index (χ3v) is 3.41. The van der Waals surface area contributed by atoms with Crippen LogP contribution >= 0.6 is 0 Å². The van der Waals surface area contributed by atoms with Crippen molar-refractivity contribution in [3.05, 3.63) is 63.8 Å². The van der Waals surface area contributed by atoms with Gasteiger partial charge in [-0.3, -0.25) is 19.6 Å². The second-order valence-electron chi connectivity index (χ2n) is 5.00. The lowest BCUT2D eigenvalue weighted by Crippen LogP contribution is -2.18. The number of aromatic amines is 1. The highest BCUT2D eigenvalue weighted by Gasteiger charge is 2.14. The Kier molecular flexibility index (Phi) is 3.42. The van der Waals surface area contributed by atoms with E-state index in [1.54, 1.807) is 44.4 Å². The zero-order valence-corrected chi connectivity index (χ0v) is 12.2. The Morgan fingerprint density at radius 2 is 1.95 bits per heavy atom. The van der Waals surface area contributed by atoms with Crippen LogP contribution in [0.25, 0.3) is 11.0 Å². The average Bonchev–Trinajstić information content (AvgIpc) is 2.50. The van der Waals surface area contributed by atoms with Crippen molar-refractivity contribution in [3.63, 3.8) is 0 Å². The van der Waals surface area contributed by atoms with E-state index in [0.29, 0.717) is 33.5 Å². The number of rotatable bonds is 2. The van der Waals surface area contributed by atoms with Gasteiger partial charge < -0.3 is 10.3 Å². The highest BCUT2D eigenvalue weighted by atomic mass is 16.1. The molecule has 0 saturated carbocycles. The SMILES string of the molecule is Cc1cc(=O)[nH]c(C)c1NC(=O)c1cccc2nccnc12. The molecule has 0 spiro atoms. The lowest BCUT2D eigenvalue weighted by Gasteiger charge is -2.11. The summed E-state index contributed by atoms with van der Waals surface area (Å²) in [7, 11) is 0. The molecule has 6 nitrogen and oxygen atoms in total. The molecule has 3 rings (SSSR count). The molecule has 1 aromatic carbocycles. The molecule has 1 amide bonds. The van der Waals surface area contributed by atoms with Crippen molar-refractivity contribution < 1.29 is 4.79 Å². The number of carbonyl (C=O) groups is 1. The summed E-state index contributed by atoms with van der Waals surface area (Å²) in [6.07, 6.45) is 3.13. The van der Waals surface area contributed by atoms with Crippen LogP contribution in [0.5, 0.6) is 0 Å². The van der Waals surface area contributed by atoms with E-state index in [1.807, 2.05) is 0 Å². The summed E-state index contributed by atoms with van der Waals surface area (Å²) < 4.78 is 0. The van der Waals surface area contributed by atoms with Gasteiger partial charge in [-0.2, -0.15) is 0 Å². The molecule has 22 heavy (non-hydrogen) atoms. The Bertz CT molecular complexity index is 899. The van der Waals surface area contributed by atoms with Gasteiger partial charge >= 0.3 is 0 Å². The number of aromatic nitrogens is 3. The zero-order chi connectivity index (χ0) is 15.7. The number of amides is 1. The first-order valence-electron chi connectivity index (χ1n) is 6.78. The summed E-state index contributed by atoms with van der Waals surface area (Å²) in [5.74, 6) is -0.288. The number of hydrogen-bond donors (Lipinski definition) is 2. The van der Waals surface area contributed by atoms with E-state index in [2.05, 4.69) is 20.3 Å². The summed E-state index contributed by atoms with van der Waals surface area (Å²) in [5.41, 5.74) is 3.38. The van der Waals surface area contributed by atoms with Gasteiger partial charge in [0.2, 0.25) is 5.56 Å². The topological polar surface area (TPSA) is 87.7 Å². The second kappa shape index (κ2) is 5.40. The van der Waals surface area contributed by atoms with Crippen molar-refractivity contribution in [2.45, 2.75) is 13.8 Å². The molecule has 0 aliphatic carbocycles. The van der Waals surface area contributed by atoms with Gasteiger partial charge in [-0.05, 0) is 31.5 Å². The predicted molar refractivity (Wildman–Crippen MR) is 84.0 cm³/mol. The molecule has 0 radical (unpaired) electrons. The molecular weight excluding hydrogens is 280 g/mol. The molecule has 110 valence electrons. The predicted octanol–water partition coefficient (Wildman–Crippen LogP) is 2.19. The normalized spacial score (nSPS) is 10.6. The number of hydrogen-bond acceptors (Lipinski definition) is 4. The Hall–Kier alpha value is -3.02. The van der Waals surface area contributed by atoms with Gasteiger partial charge in [-0.25, -0.2) is 0 Å². The first kappa shape index (κ1) is 13.9. The highest BCUT2D eigenvalue weighted by molar-refractivity contribution is 6.11. The Balaban J connectivity index is 2.03. The third kappa shape index (κ3) is 2.46. The van der Waals surface area contributed by atoms with Crippen LogP contribution in [0.2, 0.25) is 0 Å². The summed E-state index contributed by atoms with van der Waals surface area (Å²) in [6.45, 7) is 3.52. The molecule has 0 saturated heterocycles. The molecule has 0 atom stereocenters. The first-order chi connectivity index (χ1) is 10.6. The number of carbonyl (C=O) groups excluding carboxylic acids is 1. The minimum Gasteiger partial charge on any atom is -0.324 e. The van der Waals surface area contributed by atoms with Crippen LogP contribution < -0.4 is 10.9 Å². The van der Waals surface area contributed by atoms with Crippen LogP contribution in [0.1, 0.15) is 21.6 Å². The Labute approximate surface area is 126 Å². The number of H-pyrrole nitrogens is 1. The number of anilines is 1. The molecule has 0 fully saturated rings. The maximum absolute atomic E-state index is 12.5. The lowest BCUT2D eigenvalue weighted by atomic mass is 10.1. The van der Waals surface area contributed by atoms with Crippen LogP contribution in [0.3, 0.4) is 0 Å². The maximum atomic E-state index is 12.5. The monoisotopic (exact) mass is 294 g/mol. The second-order valence-corrected chi connectivity index (χ2v) is 5.00. The molecular formula is C16H14N4O2. The number of fused-ring (bicyclic) bond motifs is 1. The van der Waals surface area contributed by atoms with Crippen LogP contribution in [-0.4, -0.2) is 20.9 Å². The van der Waals surface area contributed by atoms with Gasteiger partial charge in [0.1, 0.15) is 5.52 Å². The van der Waals surface area contributed by atoms with E-state index in [4.69, 9.17) is 0 Å². The van der Waals surface area contributed by atoms with Crippen molar-refractivity contribution in [1.82, 2.24) is 15.0 Å². The Morgan fingerprint density at radius 1 is 1.18 bits per heavy atom.